The molecule has 0 saturated heterocycles. The van der Waals surface area contributed by atoms with Crippen molar-refractivity contribution in [3.63, 3.8) is 0 Å². The predicted molar refractivity (Wildman–Crippen MR) is 41.1 cm³/mol. The molecule has 51 valence electrons. The summed E-state index contributed by atoms with van der Waals surface area (Å²) in [7, 11) is 0. The van der Waals surface area contributed by atoms with E-state index in [0.29, 0.717) is 0 Å². The van der Waals surface area contributed by atoms with Gasteiger partial charge in [-0.05, 0) is 38.5 Å². The predicted octanol–water partition coefficient (Wildman–Crippen LogP) is 2.96. The van der Waals surface area contributed by atoms with Gasteiger partial charge in [-0.2, -0.15) is 0 Å². The summed E-state index contributed by atoms with van der Waals surface area (Å²) in [5, 5.41) is 0. The largest absolute Gasteiger partial charge is 0.0850 e. The smallest absolute Gasteiger partial charge is 0.0140 e. The molecule has 0 fully saturated rings. The Labute approximate surface area is 58.0 Å². The minimum Gasteiger partial charge on any atom is -0.0850 e. The summed E-state index contributed by atoms with van der Waals surface area (Å²) in [5.41, 5.74) is 1.47. The molecule has 0 aromatic carbocycles. The fraction of sp³-hybridized carbons (Fsp3) is 0.667. The molecule has 0 aromatic heterocycles. The second-order valence-electron chi connectivity index (χ2n) is 3.07. The first-order valence-electron chi connectivity index (χ1n) is 3.79. The first-order valence-corrected chi connectivity index (χ1v) is 3.79. The van der Waals surface area contributed by atoms with Crippen molar-refractivity contribution < 1.29 is 0 Å². The molecule has 0 heteroatoms. The van der Waals surface area contributed by atoms with E-state index in [0.717, 1.165) is 5.92 Å². The molecule has 0 spiro atoms. The molecule has 1 unspecified atom stereocenters. The monoisotopic (exact) mass is 123 g/mol. The Bertz CT molecular complexity index is 111. The molecule has 0 aliphatic heterocycles. The maximum Gasteiger partial charge on any atom is -0.0140 e. The number of hydrogen-bond donors (Lipinski definition) is 0. The van der Waals surface area contributed by atoms with Crippen molar-refractivity contribution in [1.82, 2.24) is 0 Å². The normalized spacial score (nSPS) is 29.1. The lowest BCUT2D eigenvalue weighted by Crippen LogP contribution is -1.88. The highest BCUT2D eigenvalue weighted by molar-refractivity contribution is 5.11. The maximum atomic E-state index is 2.34. The molecule has 0 bridgehead atoms. The molecule has 1 radical (unpaired) electrons. The van der Waals surface area contributed by atoms with Gasteiger partial charge in [-0.3, -0.25) is 0 Å². The summed E-state index contributed by atoms with van der Waals surface area (Å²) in [4.78, 5) is 0. The zero-order chi connectivity index (χ0) is 6.69. The molecule has 1 atom stereocenters. The Morgan fingerprint density at radius 1 is 1.56 bits per heavy atom. The van der Waals surface area contributed by atoms with E-state index in [9.17, 15) is 0 Å². The van der Waals surface area contributed by atoms with Crippen LogP contribution in [0.25, 0.3) is 0 Å². The van der Waals surface area contributed by atoms with Crippen molar-refractivity contribution in [2.45, 2.75) is 33.1 Å². The van der Waals surface area contributed by atoms with Crippen LogP contribution in [0.3, 0.4) is 0 Å². The Balaban J connectivity index is 2.42. The van der Waals surface area contributed by atoms with Crippen LogP contribution in [0, 0.1) is 12.3 Å². The lowest BCUT2D eigenvalue weighted by Gasteiger charge is -2.01. The highest BCUT2D eigenvalue weighted by Gasteiger charge is 2.04. The van der Waals surface area contributed by atoms with Crippen LogP contribution in [0.1, 0.15) is 33.1 Å². The molecule has 0 nitrogen and oxygen atoms in total. The first kappa shape index (κ1) is 6.85. The van der Waals surface area contributed by atoms with Gasteiger partial charge in [-0.1, -0.05) is 18.6 Å². The van der Waals surface area contributed by atoms with E-state index in [1.807, 2.05) is 0 Å². The maximum absolute atomic E-state index is 2.34. The summed E-state index contributed by atoms with van der Waals surface area (Å²) in [5.74, 6) is 0.902. The minimum absolute atomic E-state index is 0.902. The summed E-state index contributed by atoms with van der Waals surface area (Å²) in [6.07, 6.45) is 8.61. The SMILES string of the molecule is CC1=CCC(C)CC[CH]1. The van der Waals surface area contributed by atoms with Gasteiger partial charge in [-0.25, -0.2) is 0 Å². The Morgan fingerprint density at radius 2 is 2.33 bits per heavy atom. The van der Waals surface area contributed by atoms with Gasteiger partial charge in [0.15, 0.2) is 0 Å². The van der Waals surface area contributed by atoms with Crippen molar-refractivity contribution in [3.05, 3.63) is 18.1 Å². The van der Waals surface area contributed by atoms with Gasteiger partial charge < -0.3 is 0 Å². The Hall–Kier alpha value is -0.260. The second-order valence-corrected chi connectivity index (χ2v) is 3.07. The number of allylic oxidation sites excluding steroid dienone is 2. The first-order chi connectivity index (χ1) is 4.29. The van der Waals surface area contributed by atoms with Crippen LogP contribution >= 0.6 is 0 Å². The molecule has 0 saturated carbocycles. The van der Waals surface area contributed by atoms with Crippen molar-refractivity contribution in [2.75, 3.05) is 0 Å². The molecule has 0 heterocycles. The molecule has 1 aliphatic rings. The highest BCUT2D eigenvalue weighted by Crippen LogP contribution is 2.20. The van der Waals surface area contributed by atoms with Gasteiger partial charge in [0, 0.05) is 0 Å². The van der Waals surface area contributed by atoms with Crippen LogP contribution in [-0.2, 0) is 0 Å². The van der Waals surface area contributed by atoms with Crippen LogP contribution in [-0.4, -0.2) is 0 Å². The Kier molecular flexibility index (Phi) is 2.32. The van der Waals surface area contributed by atoms with Crippen molar-refractivity contribution in [2.24, 2.45) is 5.92 Å². The fourth-order valence-electron chi connectivity index (χ4n) is 1.18. The minimum atomic E-state index is 0.902. The van der Waals surface area contributed by atoms with Gasteiger partial charge in [0.1, 0.15) is 0 Å². The van der Waals surface area contributed by atoms with Gasteiger partial charge in [-0.15, -0.1) is 0 Å². The van der Waals surface area contributed by atoms with Crippen LogP contribution in [0.4, 0.5) is 0 Å². The average Bonchev–Trinajstić information content (AvgIpc) is 1.97. The van der Waals surface area contributed by atoms with Crippen LogP contribution in [0.15, 0.2) is 11.6 Å². The average molecular weight is 123 g/mol. The topological polar surface area (TPSA) is 0 Å². The summed E-state index contributed by atoms with van der Waals surface area (Å²) in [6.45, 7) is 4.51. The summed E-state index contributed by atoms with van der Waals surface area (Å²) >= 11 is 0. The highest BCUT2D eigenvalue weighted by atomic mass is 14.1. The fourth-order valence-corrected chi connectivity index (χ4v) is 1.18. The zero-order valence-corrected chi connectivity index (χ0v) is 6.35. The van der Waals surface area contributed by atoms with E-state index in [1.165, 1.54) is 24.8 Å². The molecular weight excluding hydrogens is 108 g/mol. The number of rotatable bonds is 0. The summed E-state index contributed by atoms with van der Waals surface area (Å²) < 4.78 is 0. The standard InChI is InChI=1S/C9H15/c1-8-4-3-5-9(2)7-6-8/h4,6,9H,3,5,7H2,1-2H3. The van der Waals surface area contributed by atoms with Crippen LogP contribution in [0.2, 0.25) is 0 Å². The van der Waals surface area contributed by atoms with Gasteiger partial charge in [0.25, 0.3) is 0 Å². The van der Waals surface area contributed by atoms with E-state index in [-0.39, 0.29) is 0 Å². The van der Waals surface area contributed by atoms with E-state index in [4.69, 9.17) is 0 Å². The summed E-state index contributed by atoms with van der Waals surface area (Å²) in [6, 6.07) is 0. The van der Waals surface area contributed by atoms with E-state index < -0.39 is 0 Å². The Morgan fingerprint density at radius 3 is 3.11 bits per heavy atom. The lowest BCUT2D eigenvalue weighted by molar-refractivity contribution is 0.549. The van der Waals surface area contributed by atoms with E-state index in [1.54, 1.807) is 0 Å². The van der Waals surface area contributed by atoms with Crippen molar-refractivity contribution >= 4 is 0 Å². The molecule has 1 aliphatic carbocycles. The molecule has 0 amide bonds. The molecule has 0 N–H and O–H groups in total. The zero-order valence-electron chi connectivity index (χ0n) is 6.35. The lowest BCUT2D eigenvalue weighted by atomic mass is 10.0. The van der Waals surface area contributed by atoms with E-state index in [2.05, 4.69) is 26.3 Å². The third-order valence-corrected chi connectivity index (χ3v) is 1.97. The molecule has 9 heavy (non-hydrogen) atoms. The van der Waals surface area contributed by atoms with Gasteiger partial charge in [0.2, 0.25) is 0 Å². The van der Waals surface area contributed by atoms with Gasteiger partial charge in [0.05, 0.1) is 0 Å². The third kappa shape index (κ3) is 2.21. The third-order valence-electron chi connectivity index (χ3n) is 1.97. The van der Waals surface area contributed by atoms with Crippen LogP contribution < -0.4 is 0 Å². The van der Waals surface area contributed by atoms with Crippen molar-refractivity contribution in [3.8, 4) is 0 Å². The molecule has 1 rings (SSSR count). The van der Waals surface area contributed by atoms with E-state index >= 15 is 0 Å². The second kappa shape index (κ2) is 3.05. The van der Waals surface area contributed by atoms with Crippen molar-refractivity contribution in [1.29, 1.82) is 0 Å². The number of hydrogen-bond acceptors (Lipinski definition) is 0. The molecular formula is C9H15. The van der Waals surface area contributed by atoms with Crippen LogP contribution in [0.5, 0.6) is 0 Å². The van der Waals surface area contributed by atoms with Gasteiger partial charge >= 0.3 is 0 Å². The quantitative estimate of drug-likeness (QED) is 0.464. The molecule has 0 aromatic rings.